The lowest BCUT2D eigenvalue weighted by Gasteiger charge is -2.15. The summed E-state index contributed by atoms with van der Waals surface area (Å²) in [5.41, 5.74) is 2.01. The van der Waals surface area contributed by atoms with Crippen LogP contribution in [0.5, 0.6) is 5.75 Å². The molecule has 0 aliphatic carbocycles. The summed E-state index contributed by atoms with van der Waals surface area (Å²) in [7, 11) is 1.56. The average Bonchev–Trinajstić information content (AvgIpc) is 2.66. The number of hydrogen-bond donors (Lipinski definition) is 2. The molecular weight excluding hydrogens is 330 g/mol. The maximum atomic E-state index is 12.0. The van der Waals surface area contributed by atoms with Gasteiger partial charge in [-0.3, -0.25) is 9.59 Å². The van der Waals surface area contributed by atoms with Crippen molar-refractivity contribution >= 4 is 11.9 Å². The summed E-state index contributed by atoms with van der Waals surface area (Å²) in [6.45, 7) is 0.109. The van der Waals surface area contributed by atoms with Crippen LogP contribution >= 0.6 is 0 Å². The van der Waals surface area contributed by atoms with E-state index < -0.39 is 11.9 Å². The number of ether oxygens (including phenoxy) is 1. The van der Waals surface area contributed by atoms with Gasteiger partial charge in [-0.25, -0.2) is 0 Å². The molecule has 26 heavy (non-hydrogen) atoms. The Morgan fingerprint density at radius 1 is 1.08 bits per heavy atom. The summed E-state index contributed by atoms with van der Waals surface area (Å²) in [6, 6.07) is 17.3. The van der Waals surface area contributed by atoms with Gasteiger partial charge in [0.15, 0.2) is 0 Å². The van der Waals surface area contributed by atoms with E-state index >= 15 is 0 Å². The lowest BCUT2D eigenvalue weighted by atomic mass is 9.98. The molecule has 138 valence electrons. The van der Waals surface area contributed by atoms with Crippen molar-refractivity contribution in [3.63, 3.8) is 0 Å². The number of aliphatic carboxylic acids is 1. The Morgan fingerprint density at radius 3 is 2.46 bits per heavy atom. The van der Waals surface area contributed by atoms with E-state index in [2.05, 4.69) is 5.32 Å². The van der Waals surface area contributed by atoms with Crippen LogP contribution in [0.25, 0.3) is 0 Å². The van der Waals surface area contributed by atoms with E-state index in [0.29, 0.717) is 18.6 Å². The number of carboxylic acid groups (broad SMARTS) is 1. The second-order valence-electron chi connectivity index (χ2n) is 6.19. The van der Waals surface area contributed by atoms with E-state index in [9.17, 15) is 14.7 Å². The molecule has 0 aliphatic heterocycles. The quantitative estimate of drug-likeness (QED) is 0.687. The SMILES string of the molecule is COc1ccccc1CC(CNC(=O)CCCc1ccccc1)C(=O)O. The number of carbonyl (C=O) groups excluding carboxylic acids is 1. The number of carboxylic acids is 1. The molecule has 1 amide bonds. The first-order valence-electron chi connectivity index (χ1n) is 8.75. The number of para-hydroxylation sites is 1. The third-order valence-electron chi connectivity index (χ3n) is 4.27. The average molecular weight is 355 g/mol. The van der Waals surface area contributed by atoms with E-state index in [4.69, 9.17) is 4.74 Å². The van der Waals surface area contributed by atoms with Crippen LogP contribution in [0.15, 0.2) is 54.6 Å². The summed E-state index contributed by atoms with van der Waals surface area (Å²) in [5, 5.41) is 12.2. The second-order valence-corrected chi connectivity index (χ2v) is 6.19. The molecule has 0 spiro atoms. The first-order valence-corrected chi connectivity index (χ1v) is 8.75. The molecule has 5 nitrogen and oxygen atoms in total. The largest absolute Gasteiger partial charge is 0.496 e. The number of methoxy groups -OCH3 is 1. The molecule has 2 N–H and O–H groups in total. The number of rotatable bonds is 10. The summed E-state index contributed by atoms with van der Waals surface area (Å²) < 4.78 is 5.27. The normalized spacial score (nSPS) is 11.6. The molecule has 1 unspecified atom stereocenters. The monoisotopic (exact) mass is 355 g/mol. The van der Waals surface area contributed by atoms with Gasteiger partial charge in [-0.2, -0.15) is 0 Å². The zero-order valence-corrected chi connectivity index (χ0v) is 15.0. The minimum absolute atomic E-state index is 0.109. The van der Waals surface area contributed by atoms with Gasteiger partial charge in [-0.05, 0) is 36.5 Å². The molecule has 0 saturated heterocycles. The van der Waals surface area contributed by atoms with Gasteiger partial charge in [0.2, 0.25) is 5.91 Å². The Labute approximate surface area is 154 Å². The molecule has 2 aromatic rings. The van der Waals surface area contributed by atoms with Gasteiger partial charge in [0.1, 0.15) is 5.75 Å². The van der Waals surface area contributed by atoms with Crippen molar-refractivity contribution in [2.45, 2.75) is 25.7 Å². The fourth-order valence-electron chi connectivity index (χ4n) is 2.81. The Kier molecular flexibility index (Phi) is 7.68. The van der Waals surface area contributed by atoms with Gasteiger partial charge in [-0.15, -0.1) is 0 Å². The maximum Gasteiger partial charge on any atom is 0.308 e. The van der Waals surface area contributed by atoms with Crippen molar-refractivity contribution in [1.82, 2.24) is 5.32 Å². The summed E-state index contributed by atoms with van der Waals surface area (Å²) >= 11 is 0. The van der Waals surface area contributed by atoms with Gasteiger partial charge < -0.3 is 15.2 Å². The van der Waals surface area contributed by atoms with Gasteiger partial charge in [0, 0.05) is 13.0 Å². The Bertz CT molecular complexity index is 715. The van der Waals surface area contributed by atoms with Crippen molar-refractivity contribution in [2.75, 3.05) is 13.7 Å². The topological polar surface area (TPSA) is 75.6 Å². The molecule has 0 bridgehead atoms. The van der Waals surface area contributed by atoms with Gasteiger partial charge >= 0.3 is 5.97 Å². The number of benzene rings is 2. The Morgan fingerprint density at radius 2 is 1.77 bits per heavy atom. The molecule has 1 atom stereocenters. The minimum atomic E-state index is -0.930. The van der Waals surface area contributed by atoms with Crippen molar-refractivity contribution < 1.29 is 19.4 Å². The van der Waals surface area contributed by atoms with Gasteiger partial charge in [0.05, 0.1) is 13.0 Å². The van der Waals surface area contributed by atoms with Gasteiger partial charge in [0.25, 0.3) is 0 Å². The van der Waals surface area contributed by atoms with Crippen LogP contribution in [0.2, 0.25) is 0 Å². The number of hydrogen-bond acceptors (Lipinski definition) is 3. The van der Waals surface area contributed by atoms with Crippen LogP contribution in [0, 0.1) is 5.92 Å². The minimum Gasteiger partial charge on any atom is -0.496 e. The molecule has 0 aliphatic rings. The number of carbonyl (C=O) groups is 2. The van der Waals surface area contributed by atoms with Gasteiger partial charge in [-0.1, -0.05) is 48.5 Å². The van der Waals surface area contributed by atoms with E-state index in [1.807, 2.05) is 48.5 Å². The predicted octanol–water partition coefficient (Wildman–Crippen LogP) is 3.08. The number of amides is 1. The molecule has 0 radical (unpaired) electrons. The maximum absolute atomic E-state index is 12.0. The lowest BCUT2D eigenvalue weighted by molar-refractivity contribution is -0.141. The highest BCUT2D eigenvalue weighted by Crippen LogP contribution is 2.21. The van der Waals surface area contributed by atoms with E-state index in [0.717, 1.165) is 18.4 Å². The number of nitrogens with one attached hydrogen (secondary N) is 1. The molecule has 0 heterocycles. The first-order chi connectivity index (χ1) is 12.6. The summed E-state index contributed by atoms with van der Waals surface area (Å²) in [5.74, 6) is -1.08. The molecule has 0 saturated carbocycles. The fraction of sp³-hybridized carbons (Fsp3) is 0.333. The summed E-state index contributed by atoms with van der Waals surface area (Å²) in [6.07, 6.45) is 2.26. The molecule has 2 rings (SSSR count). The standard InChI is InChI=1S/C21H25NO4/c1-26-19-12-6-5-11-17(19)14-18(21(24)25)15-22-20(23)13-7-10-16-8-3-2-4-9-16/h2-6,8-9,11-12,18H,7,10,13-15H2,1H3,(H,22,23)(H,24,25). The van der Waals surface area contributed by atoms with Crippen LogP contribution < -0.4 is 10.1 Å². The zero-order valence-electron chi connectivity index (χ0n) is 15.0. The van der Waals surface area contributed by atoms with E-state index in [1.165, 1.54) is 5.56 Å². The van der Waals surface area contributed by atoms with Crippen LogP contribution in [-0.4, -0.2) is 30.6 Å². The third-order valence-corrected chi connectivity index (χ3v) is 4.27. The Hall–Kier alpha value is -2.82. The molecule has 0 aromatic heterocycles. The number of aryl methyl sites for hydroxylation is 1. The molecular formula is C21H25NO4. The van der Waals surface area contributed by atoms with Crippen LogP contribution in [0.3, 0.4) is 0 Å². The van der Waals surface area contributed by atoms with E-state index in [-0.39, 0.29) is 12.5 Å². The van der Waals surface area contributed by atoms with Crippen molar-refractivity contribution in [3.8, 4) is 5.75 Å². The smallest absolute Gasteiger partial charge is 0.308 e. The highest BCUT2D eigenvalue weighted by molar-refractivity contribution is 5.77. The van der Waals surface area contributed by atoms with Crippen LogP contribution in [0.1, 0.15) is 24.0 Å². The van der Waals surface area contributed by atoms with Crippen LogP contribution in [-0.2, 0) is 22.4 Å². The third kappa shape index (κ3) is 6.24. The fourth-order valence-corrected chi connectivity index (χ4v) is 2.81. The molecule has 0 fully saturated rings. The van der Waals surface area contributed by atoms with Crippen molar-refractivity contribution in [2.24, 2.45) is 5.92 Å². The first kappa shape index (κ1) is 19.5. The van der Waals surface area contributed by atoms with Crippen molar-refractivity contribution in [3.05, 3.63) is 65.7 Å². The highest BCUT2D eigenvalue weighted by atomic mass is 16.5. The van der Waals surface area contributed by atoms with Crippen LogP contribution in [0.4, 0.5) is 0 Å². The molecule has 2 aromatic carbocycles. The predicted molar refractivity (Wildman–Crippen MR) is 100 cm³/mol. The molecule has 5 heteroatoms. The summed E-state index contributed by atoms with van der Waals surface area (Å²) in [4.78, 5) is 23.5. The second kappa shape index (κ2) is 10.2. The van der Waals surface area contributed by atoms with E-state index in [1.54, 1.807) is 13.2 Å². The Balaban J connectivity index is 1.80. The lowest BCUT2D eigenvalue weighted by Crippen LogP contribution is -2.34. The zero-order chi connectivity index (χ0) is 18.8. The van der Waals surface area contributed by atoms with Crippen molar-refractivity contribution in [1.29, 1.82) is 0 Å². The highest BCUT2D eigenvalue weighted by Gasteiger charge is 2.20.